The predicted molar refractivity (Wildman–Crippen MR) is 82.0 cm³/mol. The molecule has 3 N–H and O–H groups in total. The van der Waals surface area contributed by atoms with E-state index < -0.39 is 0 Å². The lowest BCUT2D eigenvalue weighted by molar-refractivity contribution is 0.0954. The van der Waals surface area contributed by atoms with Gasteiger partial charge in [-0.2, -0.15) is 5.10 Å². The first kappa shape index (κ1) is 13.1. The van der Waals surface area contributed by atoms with Crippen LogP contribution in [0.3, 0.4) is 0 Å². The van der Waals surface area contributed by atoms with E-state index in [-0.39, 0.29) is 5.91 Å². The first-order valence-corrected chi connectivity index (χ1v) is 7.56. The van der Waals surface area contributed by atoms with Crippen LogP contribution in [0.2, 0.25) is 0 Å². The number of benzene rings is 1. The van der Waals surface area contributed by atoms with Gasteiger partial charge in [0.2, 0.25) is 0 Å². The number of hydrazone groups is 1. The van der Waals surface area contributed by atoms with E-state index in [9.17, 15) is 4.79 Å². The minimum absolute atomic E-state index is 0.183. The third kappa shape index (κ3) is 2.80. The highest BCUT2D eigenvalue weighted by atomic mass is 32.1. The van der Waals surface area contributed by atoms with E-state index in [4.69, 9.17) is 5.73 Å². The van der Waals surface area contributed by atoms with E-state index in [0.29, 0.717) is 10.7 Å². The lowest BCUT2D eigenvalue weighted by Crippen LogP contribution is -2.20. The van der Waals surface area contributed by atoms with E-state index in [0.717, 1.165) is 28.8 Å². The maximum Gasteiger partial charge on any atom is 0.271 e. The number of hydrogen-bond acceptors (Lipinski definition) is 5. The molecule has 3 rings (SSSR count). The molecule has 1 heterocycles. The lowest BCUT2D eigenvalue weighted by Gasteiger charge is -2.11. The summed E-state index contributed by atoms with van der Waals surface area (Å²) in [5.41, 5.74) is 10.8. The highest BCUT2D eigenvalue weighted by Gasteiger charge is 2.10. The van der Waals surface area contributed by atoms with Crippen LogP contribution in [0.5, 0.6) is 0 Å². The van der Waals surface area contributed by atoms with Crippen molar-refractivity contribution in [2.24, 2.45) is 5.10 Å². The van der Waals surface area contributed by atoms with Gasteiger partial charge in [0.15, 0.2) is 5.13 Å². The molecular weight excluding hydrogens is 272 g/mol. The molecule has 2 aromatic rings. The molecule has 104 valence electrons. The molecule has 0 unspecified atom stereocenters. The van der Waals surface area contributed by atoms with E-state index >= 15 is 0 Å². The lowest BCUT2D eigenvalue weighted by atomic mass is 9.99. The summed E-state index contributed by atoms with van der Waals surface area (Å²) in [5.74, 6) is -0.183. The smallest absolute Gasteiger partial charge is 0.271 e. The summed E-state index contributed by atoms with van der Waals surface area (Å²) in [5, 5.41) is 4.74. The number of thiazole rings is 1. The third-order valence-electron chi connectivity index (χ3n) is 3.41. The number of nitrogens with two attached hydrogens (primary N) is 1. The normalized spacial score (nSPS) is 15.3. The molecule has 0 saturated heterocycles. The highest BCUT2D eigenvalue weighted by Crippen LogP contribution is 2.24. The minimum atomic E-state index is -0.183. The van der Waals surface area contributed by atoms with Crippen molar-refractivity contribution in [3.63, 3.8) is 0 Å². The van der Waals surface area contributed by atoms with Gasteiger partial charge < -0.3 is 5.73 Å². The van der Waals surface area contributed by atoms with Crippen molar-refractivity contribution in [1.82, 2.24) is 10.4 Å². The quantitative estimate of drug-likeness (QED) is 0.834. The van der Waals surface area contributed by atoms with Crippen LogP contribution in [0, 0.1) is 0 Å². The topological polar surface area (TPSA) is 80.4 Å². The minimum Gasteiger partial charge on any atom is -0.375 e. The Bertz CT molecular complexity index is 669. The summed E-state index contributed by atoms with van der Waals surface area (Å²) in [4.78, 5) is 16.2. The predicted octanol–water partition coefficient (Wildman–Crippen LogP) is 2.93. The number of carbonyl (C=O) groups excluding carboxylic acids is 1. The fourth-order valence-corrected chi connectivity index (χ4v) is 3.12. The van der Waals surface area contributed by atoms with Crippen LogP contribution in [0.25, 0.3) is 10.2 Å². The number of carbonyl (C=O) groups is 1. The van der Waals surface area contributed by atoms with Crippen LogP contribution in [0.1, 0.15) is 42.5 Å². The van der Waals surface area contributed by atoms with Gasteiger partial charge >= 0.3 is 0 Å². The van der Waals surface area contributed by atoms with Crippen LogP contribution in [-0.4, -0.2) is 16.6 Å². The van der Waals surface area contributed by atoms with Crippen molar-refractivity contribution >= 4 is 38.3 Å². The number of nitrogens with zero attached hydrogens (tertiary/aromatic N) is 2. The van der Waals surface area contributed by atoms with Crippen LogP contribution in [-0.2, 0) is 0 Å². The van der Waals surface area contributed by atoms with Gasteiger partial charge in [-0.3, -0.25) is 4.79 Å². The summed E-state index contributed by atoms with van der Waals surface area (Å²) in [6, 6.07) is 5.36. The van der Waals surface area contributed by atoms with Crippen LogP contribution in [0.4, 0.5) is 5.13 Å². The number of nitrogen functional groups attached to an aromatic ring is 1. The summed E-state index contributed by atoms with van der Waals surface area (Å²) in [7, 11) is 0. The number of hydrogen-bond donors (Lipinski definition) is 2. The van der Waals surface area contributed by atoms with Crippen molar-refractivity contribution in [2.75, 3.05) is 5.73 Å². The molecule has 1 amide bonds. The molecule has 0 radical (unpaired) electrons. The highest BCUT2D eigenvalue weighted by molar-refractivity contribution is 7.22. The second-order valence-electron chi connectivity index (χ2n) is 4.91. The van der Waals surface area contributed by atoms with Crippen LogP contribution in [0.15, 0.2) is 23.3 Å². The Morgan fingerprint density at radius 3 is 2.90 bits per heavy atom. The first-order chi connectivity index (χ1) is 9.72. The zero-order valence-electron chi connectivity index (χ0n) is 11.1. The van der Waals surface area contributed by atoms with Crippen molar-refractivity contribution in [2.45, 2.75) is 32.1 Å². The fraction of sp³-hybridized carbons (Fsp3) is 0.357. The van der Waals surface area contributed by atoms with Crippen molar-refractivity contribution in [3.05, 3.63) is 23.8 Å². The van der Waals surface area contributed by atoms with Gasteiger partial charge in [0.25, 0.3) is 5.91 Å². The molecule has 0 bridgehead atoms. The molecule has 0 atom stereocenters. The van der Waals surface area contributed by atoms with Gasteiger partial charge in [-0.05, 0) is 43.9 Å². The van der Waals surface area contributed by atoms with Crippen LogP contribution >= 0.6 is 11.3 Å². The van der Waals surface area contributed by atoms with E-state index in [1.165, 1.54) is 30.6 Å². The van der Waals surface area contributed by atoms with Gasteiger partial charge in [-0.25, -0.2) is 10.4 Å². The summed E-state index contributed by atoms with van der Waals surface area (Å²) < 4.78 is 0.917. The molecule has 1 aliphatic rings. The van der Waals surface area contributed by atoms with Crippen molar-refractivity contribution < 1.29 is 4.79 Å². The zero-order chi connectivity index (χ0) is 13.9. The molecule has 1 fully saturated rings. The molecule has 1 aliphatic carbocycles. The number of rotatable bonds is 2. The second-order valence-corrected chi connectivity index (χ2v) is 5.98. The Hall–Kier alpha value is -1.95. The summed E-state index contributed by atoms with van der Waals surface area (Å²) in [6.45, 7) is 0. The van der Waals surface area contributed by atoms with E-state index in [1.807, 2.05) is 6.07 Å². The second kappa shape index (κ2) is 5.58. The molecule has 1 aromatic carbocycles. The SMILES string of the molecule is Nc1nc2ccc(C(=O)NN=C3CCCCC3)cc2s1. The Morgan fingerprint density at radius 1 is 1.30 bits per heavy atom. The van der Waals surface area contributed by atoms with Crippen LogP contribution < -0.4 is 11.2 Å². The fourth-order valence-electron chi connectivity index (χ4n) is 2.35. The largest absolute Gasteiger partial charge is 0.375 e. The molecule has 6 heteroatoms. The maximum absolute atomic E-state index is 12.1. The van der Waals surface area contributed by atoms with Gasteiger partial charge in [0, 0.05) is 11.3 Å². The Balaban J connectivity index is 1.74. The molecular formula is C14H16N4OS. The van der Waals surface area contributed by atoms with Crippen molar-refractivity contribution in [3.8, 4) is 0 Å². The third-order valence-corrected chi connectivity index (χ3v) is 4.26. The van der Waals surface area contributed by atoms with E-state index in [1.54, 1.807) is 12.1 Å². The number of fused-ring (bicyclic) bond motifs is 1. The molecule has 5 nitrogen and oxygen atoms in total. The maximum atomic E-state index is 12.1. The van der Waals surface area contributed by atoms with Gasteiger partial charge in [0.1, 0.15) is 0 Å². The summed E-state index contributed by atoms with van der Waals surface area (Å²) >= 11 is 1.38. The molecule has 0 spiro atoms. The molecule has 1 aromatic heterocycles. The standard InChI is InChI=1S/C14H16N4OS/c15-14-16-11-7-6-9(8-12(11)20-14)13(19)18-17-10-4-2-1-3-5-10/h6-8H,1-5H2,(H2,15,16)(H,18,19). The first-order valence-electron chi connectivity index (χ1n) is 6.74. The van der Waals surface area contributed by atoms with Gasteiger partial charge in [0.05, 0.1) is 10.2 Å². The summed E-state index contributed by atoms with van der Waals surface area (Å²) in [6.07, 6.45) is 5.58. The number of amides is 1. The molecule has 1 saturated carbocycles. The molecule has 20 heavy (non-hydrogen) atoms. The number of anilines is 1. The Kier molecular flexibility index (Phi) is 3.64. The average molecular weight is 288 g/mol. The Labute approximate surface area is 120 Å². The Morgan fingerprint density at radius 2 is 2.10 bits per heavy atom. The molecule has 0 aliphatic heterocycles. The average Bonchev–Trinajstić information content (AvgIpc) is 2.85. The van der Waals surface area contributed by atoms with Gasteiger partial charge in [-0.1, -0.05) is 17.8 Å². The van der Waals surface area contributed by atoms with E-state index in [2.05, 4.69) is 15.5 Å². The monoisotopic (exact) mass is 288 g/mol. The number of nitrogens with one attached hydrogen (secondary N) is 1. The van der Waals surface area contributed by atoms with Crippen molar-refractivity contribution in [1.29, 1.82) is 0 Å². The number of aromatic nitrogens is 1. The van der Waals surface area contributed by atoms with Gasteiger partial charge in [-0.15, -0.1) is 0 Å². The zero-order valence-corrected chi connectivity index (χ0v) is 11.9.